The largest absolute Gasteiger partial charge is 0.468 e. The highest BCUT2D eigenvalue weighted by molar-refractivity contribution is 9.10. The summed E-state index contributed by atoms with van der Waals surface area (Å²) < 4.78 is 5.48. The molecule has 1 atom stereocenters. The van der Waals surface area contributed by atoms with E-state index in [2.05, 4.69) is 20.7 Å². The molecule has 19 heavy (non-hydrogen) atoms. The predicted molar refractivity (Wildman–Crippen MR) is 73.9 cm³/mol. The van der Waals surface area contributed by atoms with E-state index in [1.54, 1.807) is 24.3 Å². The molecule has 0 radical (unpaired) electrons. The Morgan fingerprint density at radius 3 is 2.26 bits per heavy atom. The highest BCUT2D eigenvalue weighted by atomic mass is 79.9. The van der Waals surface area contributed by atoms with Crippen molar-refractivity contribution in [2.24, 2.45) is 5.92 Å². The molecule has 0 aromatic heterocycles. The highest BCUT2D eigenvalue weighted by Crippen LogP contribution is 2.18. The van der Waals surface area contributed by atoms with Gasteiger partial charge in [0, 0.05) is 16.5 Å². The third-order valence-electron chi connectivity index (χ3n) is 2.72. The van der Waals surface area contributed by atoms with E-state index < -0.39 is 11.9 Å². The van der Waals surface area contributed by atoms with Crippen molar-refractivity contribution in [3.63, 3.8) is 0 Å². The minimum atomic E-state index is -0.921. The molecule has 1 rings (SSSR count). The Hall–Kier alpha value is -1.49. The molecular weight excluding hydrogens is 312 g/mol. The Morgan fingerprint density at radius 1 is 1.21 bits per heavy atom. The van der Waals surface area contributed by atoms with Crippen molar-refractivity contribution in [2.45, 2.75) is 19.8 Å². The SMILES string of the molecule is COC(=O)C(CCC(C)=O)C(=O)c1ccc(Br)cc1. The first-order valence-corrected chi connectivity index (χ1v) is 6.62. The normalized spacial score (nSPS) is 11.7. The topological polar surface area (TPSA) is 60.4 Å². The fourth-order valence-electron chi connectivity index (χ4n) is 1.66. The van der Waals surface area contributed by atoms with E-state index in [-0.39, 0.29) is 24.4 Å². The Kier molecular flexibility index (Phi) is 5.89. The van der Waals surface area contributed by atoms with E-state index in [0.29, 0.717) is 5.56 Å². The number of carbonyl (C=O) groups excluding carboxylic acids is 3. The predicted octanol–water partition coefficient (Wildman–Crippen LogP) is 2.79. The van der Waals surface area contributed by atoms with Crippen LogP contribution in [-0.4, -0.2) is 24.6 Å². The Labute approximate surface area is 120 Å². The molecule has 1 aromatic rings. The standard InChI is InChI=1S/C14H15BrO4/c1-9(16)3-8-12(14(18)19-2)13(17)10-4-6-11(15)7-5-10/h4-7,12H,3,8H2,1-2H3. The van der Waals surface area contributed by atoms with Gasteiger partial charge in [0.15, 0.2) is 5.78 Å². The molecule has 0 N–H and O–H groups in total. The number of ether oxygens (including phenoxy) is 1. The molecule has 5 heteroatoms. The van der Waals surface area contributed by atoms with Crippen LogP contribution in [0.4, 0.5) is 0 Å². The molecule has 0 fully saturated rings. The van der Waals surface area contributed by atoms with Gasteiger partial charge in [-0.05, 0) is 25.5 Å². The molecule has 0 saturated heterocycles. The molecule has 0 saturated carbocycles. The van der Waals surface area contributed by atoms with Gasteiger partial charge in [-0.15, -0.1) is 0 Å². The third-order valence-corrected chi connectivity index (χ3v) is 3.24. The van der Waals surface area contributed by atoms with Gasteiger partial charge in [0.05, 0.1) is 7.11 Å². The van der Waals surface area contributed by atoms with Crippen LogP contribution in [-0.2, 0) is 14.3 Å². The number of methoxy groups -OCH3 is 1. The summed E-state index contributed by atoms with van der Waals surface area (Å²) >= 11 is 3.28. The van der Waals surface area contributed by atoms with Crippen molar-refractivity contribution in [2.75, 3.05) is 7.11 Å². The zero-order chi connectivity index (χ0) is 14.4. The van der Waals surface area contributed by atoms with Crippen LogP contribution in [0.15, 0.2) is 28.7 Å². The molecule has 1 aromatic carbocycles. The number of Topliss-reactive ketones (excluding diaryl/α,β-unsaturated/α-hetero) is 2. The lowest BCUT2D eigenvalue weighted by Gasteiger charge is -2.12. The van der Waals surface area contributed by atoms with E-state index in [1.807, 2.05) is 0 Å². The lowest BCUT2D eigenvalue weighted by atomic mass is 9.92. The van der Waals surface area contributed by atoms with Crippen LogP contribution >= 0.6 is 15.9 Å². The molecule has 0 aliphatic rings. The smallest absolute Gasteiger partial charge is 0.316 e. The maximum absolute atomic E-state index is 12.2. The van der Waals surface area contributed by atoms with Gasteiger partial charge < -0.3 is 9.53 Å². The number of ketones is 2. The molecule has 0 spiro atoms. The van der Waals surface area contributed by atoms with Gasteiger partial charge in [-0.1, -0.05) is 28.1 Å². The molecule has 0 aliphatic carbocycles. The van der Waals surface area contributed by atoms with Crippen LogP contribution in [0.5, 0.6) is 0 Å². The number of benzene rings is 1. The van der Waals surface area contributed by atoms with Gasteiger partial charge in [-0.3, -0.25) is 9.59 Å². The van der Waals surface area contributed by atoms with E-state index in [1.165, 1.54) is 14.0 Å². The molecule has 0 bridgehead atoms. The Balaban J connectivity index is 2.90. The van der Waals surface area contributed by atoms with Crippen LogP contribution in [0.3, 0.4) is 0 Å². The average Bonchev–Trinajstić information content (AvgIpc) is 2.38. The molecule has 0 heterocycles. The average molecular weight is 327 g/mol. The van der Waals surface area contributed by atoms with Crippen molar-refractivity contribution >= 4 is 33.5 Å². The van der Waals surface area contributed by atoms with Gasteiger partial charge >= 0.3 is 5.97 Å². The van der Waals surface area contributed by atoms with Crippen LogP contribution < -0.4 is 0 Å². The molecular formula is C14H15BrO4. The molecule has 4 nitrogen and oxygen atoms in total. The first kappa shape index (κ1) is 15.6. The maximum atomic E-state index is 12.2. The lowest BCUT2D eigenvalue weighted by molar-refractivity contribution is -0.143. The summed E-state index contributed by atoms with van der Waals surface area (Å²) in [6.07, 6.45) is 0.360. The monoisotopic (exact) mass is 326 g/mol. The number of hydrogen-bond acceptors (Lipinski definition) is 4. The molecule has 0 aliphatic heterocycles. The maximum Gasteiger partial charge on any atom is 0.316 e. The van der Waals surface area contributed by atoms with Gasteiger partial charge in [-0.25, -0.2) is 0 Å². The summed E-state index contributed by atoms with van der Waals surface area (Å²) in [5.74, 6) is -1.90. The summed E-state index contributed by atoms with van der Waals surface area (Å²) in [5.41, 5.74) is 0.433. The Morgan fingerprint density at radius 2 is 1.79 bits per heavy atom. The van der Waals surface area contributed by atoms with Crippen LogP contribution in [0.2, 0.25) is 0 Å². The Bertz CT molecular complexity index is 479. The fraction of sp³-hybridized carbons (Fsp3) is 0.357. The quantitative estimate of drug-likeness (QED) is 0.458. The van der Waals surface area contributed by atoms with Gasteiger partial charge in [0.1, 0.15) is 11.7 Å². The number of esters is 1. The van der Waals surface area contributed by atoms with Gasteiger partial charge in [-0.2, -0.15) is 0 Å². The summed E-state index contributed by atoms with van der Waals surface area (Å²) in [4.78, 5) is 34.9. The minimum absolute atomic E-state index is 0.0579. The first-order valence-electron chi connectivity index (χ1n) is 5.82. The second kappa shape index (κ2) is 7.19. The van der Waals surface area contributed by atoms with Gasteiger partial charge in [0.25, 0.3) is 0 Å². The van der Waals surface area contributed by atoms with Crippen molar-refractivity contribution < 1.29 is 19.1 Å². The molecule has 1 unspecified atom stereocenters. The van der Waals surface area contributed by atoms with E-state index in [4.69, 9.17) is 0 Å². The summed E-state index contributed by atoms with van der Waals surface area (Å²) in [5, 5.41) is 0. The summed E-state index contributed by atoms with van der Waals surface area (Å²) in [6, 6.07) is 6.73. The molecule has 102 valence electrons. The van der Waals surface area contributed by atoms with Crippen molar-refractivity contribution in [3.8, 4) is 0 Å². The van der Waals surface area contributed by atoms with Gasteiger partial charge in [0.2, 0.25) is 0 Å². The van der Waals surface area contributed by atoms with Crippen LogP contribution in [0, 0.1) is 5.92 Å². The second-order valence-corrected chi connectivity index (χ2v) is 5.10. The van der Waals surface area contributed by atoms with E-state index in [9.17, 15) is 14.4 Å². The van der Waals surface area contributed by atoms with Crippen LogP contribution in [0.1, 0.15) is 30.1 Å². The molecule has 0 amide bonds. The number of halogens is 1. The van der Waals surface area contributed by atoms with E-state index in [0.717, 1.165) is 4.47 Å². The zero-order valence-corrected chi connectivity index (χ0v) is 12.4. The van der Waals surface area contributed by atoms with E-state index >= 15 is 0 Å². The highest BCUT2D eigenvalue weighted by Gasteiger charge is 2.28. The second-order valence-electron chi connectivity index (χ2n) is 4.19. The number of hydrogen-bond donors (Lipinski definition) is 0. The number of carbonyl (C=O) groups is 3. The first-order chi connectivity index (χ1) is 8.95. The minimum Gasteiger partial charge on any atom is -0.468 e. The van der Waals surface area contributed by atoms with Crippen LogP contribution in [0.25, 0.3) is 0 Å². The summed E-state index contributed by atoms with van der Waals surface area (Å²) in [7, 11) is 1.23. The lowest BCUT2D eigenvalue weighted by Crippen LogP contribution is -2.26. The van der Waals surface area contributed by atoms with Crippen molar-refractivity contribution in [1.82, 2.24) is 0 Å². The number of rotatable bonds is 6. The fourth-order valence-corrected chi connectivity index (χ4v) is 1.93. The van der Waals surface area contributed by atoms with Crippen molar-refractivity contribution in [1.29, 1.82) is 0 Å². The zero-order valence-electron chi connectivity index (χ0n) is 10.8. The summed E-state index contributed by atoms with van der Waals surface area (Å²) in [6.45, 7) is 1.43. The third kappa shape index (κ3) is 4.59. The van der Waals surface area contributed by atoms with Crippen molar-refractivity contribution in [3.05, 3.63) is 34.3 Å².